The van der Waals surface area contributed by atoms with E-state index in [1.54, 1.807) is 6.07 Å². The van der Waals surface area contributed by atoms with Crippen LogP contribution in [0, 0.1) is 5.92 Å². The summed E-state index contributed by atoms with van der Waals surface area (Å²) in [4.78, 5) is 20.6. The predicted molar refractivity (Wildman–Crippen MR) is 102 cm³/mol. The van der Waals surface area contributed by atoms with Crippen LogP contribution in [-0.2, 0) is 6.54 Å². The summed E-state index contributed by atoms with van der Waals surface area (Å²) in [7, 11) is 0. The average molecular weight is 336 g/mol. The van der Waals surface area contributed by atoms with Gasteiger partial charge in [0, 0.05) is 29.3 Å². The SMILES string of the molecule is CC1CCN(Cc2ccc3[nH]c(-c4cc(N)c[nH]c4=O)cc3c2)CC1. The van der Waals surface area contributed by atoms with E-state index in [0.29, 0.717) is 11.3 Å². The maximum absolute atomic E-state index is 12.1. The van der Waals surface area contributed by atoms with E-state index in [-0.39, 0.29) is 5.56 Å². The first-order chi connectivity index (χ1) is 12.1. The molecule has 4 rings (SSSR count). The van der Waals surface area contributed by atoms with Crippen LogP contribution < -0.4 is 11.3 Å². The van der Waals surface area contributed by atoms with Crippen molar-refractivity contribution in [2.75, 3.05) is 18.8 Å². The molecule has 1 aliphatic heterocycles. The number of piperidine rings is 1. The van der Waals surface area contributed by atoms with E-state index in [0.717, 1.165) is 29.1 Å². The third-order valence-electron chi connectivity index (χ3n) is 5.18. The van der Waals surface area contributed by atoms with Crippen LogP contribution in [0.5, 0.6) is 0 Å². The minimum Gasteiger partial charge on any atom is -0.398 e. The highest BCUT2D eigenvalue weighted by Crippen LogP contribution is 2.25. The van der Waals surface area contributed by atoms with Gasteiger partial charge in [-0.15, -0.1) is 0 Å². The van der Waals surface area contributed by atoms with Crippen molar-refractivity contribution in [1.29, 1.82) is 0 Å². The van der Waals surface area contributed by atoms with E-state index in [1.165, 1.54) is 37.7 Å². The summed E-state index contributed by atoms with van der Waals surface area (Å²) in [6.45, 7) is 5.68. The van der Waals surface area contributed by atoms with Crippen LogP contribution in [0.15, 0.2) is 41.3 Å². The van der Waals surface area contributed by atoms with Gasteiger partial charge in [-0.05, 0) is 61.7 Å². The summed E-state index contributed by atoms with van der Waals surface area (Å²) < 4.78 is 0. The second kappa shape index (κ2) is 6.41. The second-order valence-electron chi connectivity index (χ2n) is 7.24. The first-order valence-corrected chi connectivity index (χ1v) is 8.91. The molecule has 0 aliphatic carbocycles. The van der Waals surface area contributed by atoms with Crippen LogP contribution >= 0.6 is 0 Å². The van der Waals surface area contributed by atoms with Gasteiger partial charge in [-0.25, -0.2) is 0 Å². The van der Waals surface area contributed by atoms with Crippen molar-refractivity contribution < 1.29 is 0 Å². The first kappa shape index (κ1) is 16.0. The fraction of sp³-hybridized carbons (Fsp3) is 0.350. The number of H-pyrrole nitrogens is 2. The Bertz CT molecular complexity index is 948. The van der Waals surface area contributed by atoms with E-state index in [9.17, 15) is 4.79 Å². The molecule has 0 radical (unpaired) electrons. The standard InChI is InChI=1S/C20H24N4O/c1-13-4-6-24(7-5-13)12-14-2-3-18-15(8-14)9-19(23-18)17-10-16(21)11-22-20(17)25/h2-3,8-11,13,23H,4-7,12,21H2,1H3,(H,22,25). The summed E-state index contributed by atoms with van der Waals surface area (Å²) in [6.07, 6.45) is 4.09. The van der Waals surface area contributed by atoms with E-state index in [2.05, 4.69) is 40.0 Å². The van der Waals surface area contributed by atoms with Gasteiger partial charge in [-0.1, -0.05) is 13.0 Å². The summed E-state index contributed by atoms with van der Waals surface area (Å²) in [6, 6.07) is 10.2. The topological polar surface area (TPSA) is 77.9 Å². The third kappa shape index (κ3) is 3.33. The van der Waals surface area contributed by atoms with Crippen LogP contribution in [0.2, 0.25) is 0 Å². The Hall–Kier alpha value is -2.53. The number of likely N-dealkylation sites (tertiary alicyclic amines) is 1. The fourth-order valence-electron chi connectivity index (χ4n) is 3.60. The minimum absolute atomic E-state index is 0.136. The Morgan fingerprint density at radius 2 is 2.00 bits per heavy atom. The molecule has 0 spiro atoms. The van der Waals surface area contributed by atoms with Gasteiger partial charge in [0.1, 0.15) is 0 Å². The number of nitrogen functional groups attached to an aromatic ring is 1. The molecular formula is C20H24N4O. The Morgan fingerprint density at radius 3 is 2.80 bits per heavy atom. The molecule has 0 bridgehead atoms. The van der Waals surface area contributed by atoms with Crippen molar-refractivity contribution in [3.05, 3.63) is 52.4 Å². The molecule has 1 aromatic carbocycles. The van der Waals surface area contributed by atoms with E-state index in [1.807, 2.05) is 6.07 Å². The van der Waals surface area contributed by atoms with Gasteiger partial charge in [0.2, 0.25) is 0 Å². The Kier molecular flexibility index (Phi) is 4.09. The number of aromatic amines is 2. The number of aromatic nitrogens is 2. The van der Waals surface area contributed by atoms with Crippen LogP contribution in [0.25, 0.3) is 22.2 Å². The molecule has 5 heteroatoms. The molecule has 5 nitrogen and oxygen atoms in total. The molecule has 25 heavy (non-hydrogen) atoms. The lowest BCUT2D eigenvalue weighted by Gasteiger charge is -2.30. The molecule has 2 aromatic heterocycles. The number of hydrogen-bond acceptors (Lipinski definition) is 3. The van der Waals surface area contributed by atoms with Crippen molar-refractivity contribution in [3.63, 3.8) is 0 Å². The molecule has 3 heterocycles. The summed E-state index contributed by atoms with van der Waals surface area (Å²) in [5.74, 6) is 0.849. The quantitative estimate of drug-likeness (QED) is 0.686. The number of anilines is 1. The van der Waals surface area contributed by atoms with Gasteiger partial charge in [-0.3, -0.25) is 9.69 Å². The molecule has 1 fully saturated rings. The molecule has 1 saturated heterocycles. The van der Waals surface area contributed by atoms with Crippen molar-refractivity contribution in [1.82, 2.24) is 14.9 Å². The number of nitrogens with zero attached hydrogens (tertiary/aromatic N) is 1. The molecule has 130 valence electrons. The zero-order chi connectivity index (χ0) is 17.4. The molecule has 0 unspecified atom stereocenters. The van der Waals surface area contributed by atoms with Crippen molar-refractivity contribution in [2.24, 2.45) is 5.92 Å². The van der Waals surface area contributed by atoms with Crippen molar-refractivity contribution in [2.45, 2.75) is 26.3 Å². The minimum atomic E-state index is -0.136. The zero-order valence-corrected chi connectivity index (χ0v) is 14.5. The molecule has 1 aliphatic rings. The van der Waals surface area contributed by atoms with E-state index >= 15 is 0 Å². The molecule has 0 saturated carbocycles. The number of pyridine rings is 1. The van der Waals surface area contributed by atoms with Gasteiger partial charge >= 0.3 is 0 Å². The fourth-order valence-corrected chi connectivity index (χ4v) is 3.60. The van der Waals surface area contributed by atoms with E-state index < -0.39 is 0 Å². The number of rotatable bonds is 3. The number of hydrogen-bond donors (Lipinski definition) is 3. The van der Waals surface area contributed by atoms with Gasteiger partial charge in [0.05, 0.1) is 11.3 Å². The summed E-state index contributed by atoms with van der Waals surface area (Å²) in [5, 5.41) is 1.12. The molecule has 4 N–H and O–H groups in total. The lowest BCUT2D eigenvalue weighted by Crippen LogP contribution is -2.32. The van der Waals surface area contributed by atoms with Crippen LogP contribution in [-0.4, -0.2) is 28.0 Å². The highest BCUT2D eigenvalue weighted by atomic mass is 16.1. The highest BCUT2D eigenvalue weighted by molar-refractivity contribution is 5.86. The second-order valence-corrected chi connectivity index (χ2v) is 7.24. The van der Waals surface area contributed by atoms with Gasteiger partial charge < -0.3 is 15.7 Å². The normalized spacial score (nSPS) is 16.5. The summed E-state index contributed by atoms with van der Waals surface area (Å²) in [5.41, 5.74) is 9.94. The summed E-state index contributed by atoms with van der Waals surface area (Å²) >= 11 is 0. The van der Waals surface area contributed by atoms with Gasteiger partial charge in [-0.2, -0.15) is 0 Å². The number of fused-ring (bicyclic) bond motifs is 1. The third-order valence-corrected chi connectivity index (χ3v) is 5.18. The Morgan fingerprint density at radius 1 is 1.20 bits per heavy atom. The monoisotopic (exact) mass is 336 g/mol. The van der Waals surface area contributed by atoms with E-state index in [4.69, 9.17) is 5.73 Å². The van der Waals surface area contributed by atoms with Gasteiger partial charge in [0.15, 0.2) is 0 Å². The van der Waals surface area contributed by atoms with Crippen LogP contribution in [0.1, 0.15) is 25.3 Å². The number of benzene rings is 1. The maximum Gasteiger partial charge on any atom is 0.257 e. The Labute approximate surface area is 146 Å². The highest BCUT2D eigenvalue weighted by Gasteiger charge is 2.16. The lowest BCUT2D eigenvalue weighted by molar-refractivity contribution is 0.185. The maximum atomic E-state index is 12.1. The van der Waals surface area contributed by atoms with Crippen molar-refractivity contribution >= 4 is 16.6 Å². The number of nitrogens with one attached hydrogen (secondary N) is 2. The molecule has 0 atom stereocenters. The zero-order valence-electron chi connectivity index (χ0n) is 14.5. The average Bonchev–Trinajstić information content (AvgIpc) is 3.02. The van der Waals surface area contributed by atoms with Gasteiger partial charge in [0.25, 0.3) is 5.56 Å². The van der Waals surface area contributed by atoms with Crippen LogP contribution in [0.3, 0.4) is 0 Å². The number of nitrogens with two attached hydrogens (primary N) is 1. The van der Waals surface area contributed by atoms with Crippen LogP contribution in [0.4, 0.5) is 5.69 Å². The largest absolute Gasteiger partial charge is 0.398 e. The van der Waals surface area contributed by atoms with Crippen molar-refractivity contribution in [3.8, 4) is 11.3 Å². The predicted octanol–water partition coefficient (Wildman–Crippen LogP) is 3.34. The molecule has 3 aromatic rings. The Balaban J connectivity index is 1.61. The lowest BCUT2D eigenvalue weighted by atomic mass is 9.99. The first-order valence-electron chi connectivity index (χ1n) is 8.91. The molecular weight excluding hydrogens is 312 g/mol. The smallest absolute Gasteiger partial charge is 0.257 e. The molecule has 0 amide bonds.